The average Bonchev–Trinajstić information content (AvgIpc) is 3.26. The fraction of sp³-hybridized carbons (Fsp3) is 0.922. The van der Waals surface area contributed by atoms with Gasteiger partial charge >= 0.3 is 23.9 Å². The average molecular weight is 868 g/mol. The lowest BCUT2D eigenvalue weighted by molar-refractivity contribution is -0.150. The largest absolute Gasteiger partial charge is 0.466 e. The van der Waals surface area contributed by atoms with Crippen LogP contribution in [0.1, 0.15) is 240 Å². The van der Waals surface area contributed by atoms with Crippen molar-refractivity contribution < 1.29 is 43.2 Å². The van der Waals surface area contributed by atoms with Gasteiger partial charge in [-0.05, 0) is 77.2 Å². The van der Waals surface area contributed by atoms with Crippen molar-refractivity contribution in [2.75, 3.05) is 52.7 Å². The number of aliphatic hydroxyl groups is 1. The van der Waals surface area contributed by atoms with Gasteiger partial charge in [-0.15, -0.1) is 0 Å². The molecule has 0 heterocycles. The monoisotopic (exact) mass is 868 g/mol. The summed E-state index contributed by atoms with van der Waals surface area (Å²) in [5, 5.41) is 9.19. The molecule has 0 aliphatic rings. The van der Waals surface area contributed by atoms with Crippen LogP contribution in [0.25, 0.3) is 0 Å². The van der Waals surface area contributed by atoms with E-state index in [0.29, 0.717) is 58.5 Å². The van der Waals surface area contributed by atoms with Crippen molar-refractivity contribution in [2.45, 2.75) is 240 Å². The lowest BCUT2D eigenvalue weighted by atomic mass is 9.94. The van der Waals surface area contributed by atoms with Crippen LogP contribution in [-0.2, 0) is 38.1 Å². The second-order valence-corrected chi connectivity index (χ2v) is 17.5. The van der Waals surface area contributed by atoms with E-state index in [-0.39, 0.29) is 68.4 Å². The molecular weight excluding hydrogens is 771 g/mol. The molecule has 0 aromatic rings. The van der Waals surface area contributed by atoms with E-state index in [1.807, 2.05) is 0 Å². The summed E-state index contributed by atoms with van der Waals surface area (Å²) < 4.78 is 22.4. The Bertz CT molecular complexity index is 936. The van der Waals surface area contributed by atoms with Gasteiger partial charge in [-0.1, -0.05) is 156 Å². The minimum atomic E-state index is -0.281. The number of aliphatic hydroxyl groups excluding tert-OH is 1. The normalized spacial score (nSPS) is 12.4. The fourth-order valence-electron chi connectivity index (χ4n) is 7.70. The van der Waals surface area contributed by atoms with E-state index in [1.54, 1.807) is 0 Å². The van der Waals surface area contributed by atoms with Gasteiger partial charge in [0.1, 0.15) is 0 Å². The smallest absolute Gasteiger partial charge is 0.308 e. The van der Waals surface area contributed by atoms with Crippen LogP contribution in [-0.4, -0.2) is 86.6 Å². The number of rotatable bonds is 47. The van der Waals surface area contributed by atoms with Gasteiger partial charge in [0, 0.05) is 19.7 Å². The molecule has 0 aliphatic carbocycles. The summed E-state index contributed by atoms with van der Waals surface area (Å²) in [6.45, 7) is 11.9. The Morgan fingerprint density at radius 2 is 0.689 bits per heavy atom. The zero-order valence-electron chi connectivity index (χ0n) is 40.3. The van der Waals surface area contributed by atoms with Crippen LogP contribution >= 0.6 is 0 Å². The zero-order chi connectivity index (χ0) is 44.9. The fourth-order valence-corrected chi connectivity index (χ4v) is 7.70. The molecule has 0 saturated heterocycles. The quantitative estimate of drug-likeness (QED) is 0.0358. The van der Waals surface area contributed by atoms with E-state index in [4.69, 9.17) is 18.9 Å². The number of unbranched alkanes of at least 4 members (excludes halogenated alkanes) is 20. The minimum Gasteiger partial charge on any atom is -0.466 e. The number of esters is 4. The highest BCUT2D eigenvalue weighted by Gasteiger charge is 2.21. The van der Waals surface area contributed by atoms with Crippen LogP contribution in [0.5, 0.6) is 0 Å². The number of carbonyl (C=O) groups excluding carboxylic acids is 4. The van der Waals surface area contributed by atoms with E-state index < -0.39 is 0 Å². The van der Waals surface area contributed by atoms with Crippen LogP contribution in [0.4, 0.5) is 0 Å². The number of hydrogen-bond donors (Lipinski definition) is 1. The van der Waals surface area contributed by atoms with Crippen molar-refractivity contribution in [1.29, 1.82) is 0 Å². The summed E-state index contributed by atoms with van der Waals surface area (Å²) in [6, 6.07) is 0. The van der Waals surface area contributed by atoms with E-state index >= 15 is 0 Å². The highest BCUT2D eigenvalue weighted by atomic mass is 16.5. The first-order valence-electron chi connectivity index (χ1n) is 25.8. The number of ether oxygens (including phenoxy) is 4. The minimum absolute atomic E-state index is 0.0142. The molecule has 2 unspecified atom stereocenters. The van der Waals surface area contributed by atoms with Crippen molar-refractivity contribution in [3.05, 3.63) is 0 Å². The van der Waals surface area contributed by atoms with Gasteiger partial charge in [-0.2, -0.15) is 0 Å². The van der Waals surface area contributed by atoms with Crippen LogP contribution < -0.4 is 0 Å². The van der Waals surface area contributed by atoms with Gasteiger partial charge in [0.15, 0.2) is 0 Å². The lowest BCUT2D eigenvalue weighted by Gasteiger charge is -2.21. The second kappa shape index (κ2) is 45.8. The molecule has 0 aromatic heterocycles. The summed E-state index contributed by atoms with van der Waals surface area (Å²) in [4.78, 5) is 53.1. The maximum atomic E-state index is 12.9. The first-order valence-corrected chi connectivity index (χ1v) is 25.8. The standard InChI is InChI=1S/C51H97NO9/c1-5-9-13-17-19-24-34-46(32-22-15-11-7-3)50(56)60-44-30-28-42-58-48(54)36-39-52(38-26-21-27-41-53)40-37-49(55)59-43-29-31-45-61-51(57)47(33-23-16-12-8-4)35-25-20-18-14-10-6-2/h46-47,53H,5-45H2,1-4H3. The van der Waals surface area contributed by atoms with Crippen LogP contribution in [0, 0.1) is 11.8 Å². The van der Waals surface area contributed by atoms with Gasteiger partial charge in [0.2, 0.25) is 0 Å². The van der Waals surface area contributed by atoms with Crippen molar-refractivity contribution in [3.8, 4) is 0 Å². The highest BCUT2D eigenvalue weighted by molar-refractivity contribution is 5.73. The van der Waals surface area contributed by atoms with E-state index in [2.05, 4.69) is 32.6 Å². The Labute approximate surface area is 375 Å². The van der Waals surface area contributed by atoms with E-state index in [0.717, 1.165) is 83.5 Å². The molecule has 0 aromatic carbocycles. The summed E-state index contributed by atoms with van der Waals surface area (Å²) >= 11 is 0. The van der Waals surface area contributed by atoms with Gasteiger partial charge in [0.25, 0.3) is 0 Å². The summed E-state index contributed by atoms with van der Waals surface area (Å²) in [6.07, 6.45) is 32.9. The molecule has 0 spiro atoms. The second-order valence-electron chi connectivity index (χ2n) is 17.5. The molecule has 10 heteroatoms. The van der Waals surface area contributed by atoms with Crippen LogP contribution in [0.2, 0.25) is 0 Å². The first kappa shape index (κ1) is 58.8. The lowest BCUT2D eigenvalue weighted by Crippen LogP contribution is -2.30. The van der Waals surface area contributed by atoms with Gasteiger partial charge in [0.05, 0.1) is 51.1 Å². The molecule has 2 atom stereocenters. The molecule has 0 fully saturated rings. The third-order valence-corrected chi connectivity index (χ3v) is 11.8. The number of hydrogen-bond acceptors (Lipinski definition) is 10. The molecule has 61 heavy (non-hydrogen) atoms. The molecule has 10 nitrogen and oxygen atoms in total. The molecule has 0 rings (SSSR count). The Hall–Kier alpha value is -2.20. The van der Waals surface area contributed by atoms with Gasteiger partial charge in [-0.25, -0.2) is 0 Å². The van der Waals surface area contributed by atoms with Gasteiger partial charge in [-0.3, -0.25) is 19.2 Å². The molecule has 0 radical (unpaired) electrons. The Kier molecular flexibility index (Phi) is 44.2. The summed E-state index contributed by atoms with van der Waals surface area (Å²) in [7, 11) is 0. The SMILES string of the molecule is CCCCCCCCC(CCCCCC)C(=O)OCCCCOC(=O)CCN(CCCCCO)CCC(=O)OCCCCOC(=O)C(CCCCCC)CCCCCCCC. The zero-order valence-corrected chi connectivity index (χ0v) is 40.3. The molecule has 0 saturated carbocycles. The first-order chi connectivity index (χ1) is 29.8. The maximum absolute atomic E-state index is 12.9. The molecule has 1 N–H and O–H groups in total. The van der Waals surface area contributed by atoms with Crippen molar-refractivity contribution in [2.24, 2.45) is 11.8 Å². The number of carbonyl (C=O) groups is 4. The molecule has 0 amide bonds. The Balaban J connectivity index is 4.49. The molecular formula is C51H97NO9. The Morgan fingerprint density at radius 1 is 0.377 bits per heavy atom. The van der Waals surface area contributed by atoms with E-state index in [9.17, 15) is 24.3 Å². The third kappa shape index (κ3) is 39.2. The molecule has 0 aliphatic heterocycles. The maximum Gasteiger partial charge on any atom is 0.308 e. The van der Waals surface area contributed by atoms with Crippen molar-refractivity contribution >= 4 is 23.9 Å². The highest BCUT2D eigenvalue weighted by Crippen LogP contribution is 2.22. The summed E-state index contributed by atoms with van der Waals surface area (Å²) in [5.74, 6) is -0.732. The van der Waals surface area contributed by atoms with Gasteiger partial charge < -0.3 is 29.0 Å². The number of nitrogens with zero attached hydrogens (tertiary/aromatic N) is 1. The van der Waals surface area contributed by atoms with Crippen molar-refractivity contribution in [3.63, 3.8) is 0 Å². The predicted molar refractivity (Wildman–Crippen MR) is 249 cm³/mol. The third-order valence-electron chi connectivity index (χ3n) is 11.8. The molecule has 360 valence electrons. The van der Waals surface area contributed by atoms with Crippen molar-refractivity contribution in [1.82, 2.24) is 4.90 Å². The Morgan fingerprint density at radius 3 is 1.05 bits per heavy atom. The predicted octanol–water partition coefficient (Wildman–Crippen LogP) is 12.6. The topological polar surface area (TPSA) is 129 Å². The molecule has 0 bridgehead atoms. The van der Waals surface area contributed by atoms with E-state index in [1.165, 1.54) is 89.9 Å². The summed E-state index contributed by atoms with van der Waals surface area (Å²) in [5.41, 5.74) is 0. The van der Waals surface area contributed by atoms with Crippen LogP contribution in [0.15, 0.2) is 0 Å². The van der Waals surface area contributed by atoms with Crippen LogP contribution in [0.3, 0.4) is 0 Å².